The molecule has 1 atom stereocenters. The van der Waals surface area contributed by atoms with Crippen molar-refractivity contribution in [2.24, 2.45) is 11.7 Å². The molecule has 3 N–H and O–H groups in total. The maximum atomic E-state index is 12.3. The zero-order valence-corrected chi connectivity index (χ0v) is 17.0. The number of rotatable bonds is 7. The summed E-state index contributed by atoms with van der Waals surface area (Å²) in [7, 11) is 0. The lowest BCUT2D eigenvalue weighted by molar-refractivity contribution is -0.151. The Hall–Kier alpha value is -3.14. The van der Waals surface area contributed by atoms with E-state index < -0.39 is 30.3 Å². The standard InChI is InChI=1S/C20H21N3O6S/c21-18(26)17-13-4-1-5-14(13)30-19(17)22-15(24)10-29-20(27)11-7-16(25)23(8-11)9-12-3-2-6-28-12/h2-3,6,11H,1,4-5,7-10H2,(H2,21,26)(H,22,24)/t11-/m1/s1. The first-order valence-corrected chi connectivity index (χ1v) is 10.4. The van der Waals surface area contributed by atoms with Gasteiger partial charge < -0.3 is 25.1 Å². The normalized spacial score (nSPS) is 17.8. The molecule has 0 bridgehead atoms. The number of fused-ring (bicyclic) bond motifs is 1. The Balaban J connectivity index is 1.30. The number of anilines is 1. The van der Waals surface area contributed by atoms with Crippen LogP contribution in [0.3, 0.4) is 0 Å². The number of esters is 1. The quantitative estimate of drug-likeness (QED) is 0.638. The largest absolute Gasteiger partial charge is 0.467 e. The number of hydrogen-bond acceptors (Lipinski definition) is 7. The van der Waals surface area contributed by atoms with Crippen molar-refractivity contribution in [3.05, 3.63) is 40.2 Å². The summed E-state index contributed by atoms with van der Waals surface area (Å²) < 4.78 is 10.3. The molecule has 4 rings (SSSR count). The lowest BCUT2D eigenvalue weighted by atomic mass is 10.1. The maximum Gasteiger partial charge on any atom is 0.311 e. The lowest BCUT2D eigenvalue weighted by Gasteiger charge is -2.14. The molecule has 0 radical (unpaired) electrons. The molecule has 9 nitrogen and oxygen atoms in total. The van der Waals surface area contributed by atoms with Crippen molar-refractivity contribution < 1.29 is 28.3 Å². The van der Waals surface area contributed by atoms with Crippen molar-refractivity contribution in [2.45, 2.75) is 32.2 Å². The van der Waals surface area contributed by atoms with Crippen LogP contribution in [0.2, 0.25) is 0 Å². The molecule has 2 aromatic rings. The Morgan fingerprint density at radius 1 is 1.33 bits per heavy atom. The minimum absolute atomic E-state index is 0.0324. The van der Waals surface area contributed by atoms with Crippen molar-refractivity contribution in [2.75, 3.05) is 18.5 Å². The van der Waals surface area contributed by atoms with Crippen molar-refractivity contribution in [3.63, 3.8) is 0 Å². The van der Waals surface area contributed by atoms with Crippen LogP contribution in [0.1, 0.15) is 39.4 Å². The van der Waals surface area contributed by atoms with Gasteiger partial charge >= 0.3 is 5.97 Å². The third-order valence-electron chi connectivity index (χ3n) is 5.24. The van der Waals surface area contributed by atoms with E-state index >= 15 is 0 Å². The zero-order valence-electron chi connectivity index (χ0n) is 16.1. The second-order valence-electron chi connectivity index (χ2n) is 7.34. The van der Waals surface area contributed by atoms with Crippen LogP contribution in [-0.4, -0.2) is 41.7 Å². The van der Waals surface area contributed by atoms with Gasteiger partial charge in [0.25, 0.3) is 11.8 Å². The number of nitrogens with zero attached hydrogens (tertiary/aromatic N) is 1. The van der Waals surface area contributed by atoms with E-state index in [2.05, 4.69) is 5.32 Å². The maximum absolute atomic E-state index is 12.3. The van der Waals surface area contributed by atoms with Gasteiger partial charge in [-0.2, -0.15) is 0 Å². The number of carbonyl (C=O) groups is 4. The summed E-state index contributed by atoms with van der Waals surface area (Å²) in [5.41, 5.74) is 6.73. The molecule has 0 spiro atoms. The van der Waals surface area contributed by atoms with Gasteiger partial charge in [0.15, 0.2) is 6.61 Å². The van der Waals surface area contributed by atoms with Gasteiger partial charge in [-0.3, -0.25) is 19.2 Å². The number of likely N-dealkylation sites (tertiary alicyclic amines) is 1. The number of carbonyl (C=O) groups excluding carboxylic acids is 4. The predicted molar refractivity (Wildman–Crippen MR) is 107 cm³/mol. The molecule has 0 aromatic carbocycles. The van der Waals surface area contributed by atoms with Crippen LogP contribution >= 0.6 is 11.3 Å². The van der Waals surface area contributed by atoms with Crippen molar-refractivity contribution in [1.82, 2.24) is 4.90 Å². The highest BCUT2D eigenvalue weighted by Gasteiger charge is 2.36. The third-order valence-corrected chi connectivity index (χ3v) is 6.45. The number of primary amides is 1. The summed E-state index contributed by atoms with van der Waals surface area (Å²) in [5.74, 6) is -1.91. The van der Waals surface area contributed by atoms with Crippen LogP contribution in [0.4, 0.5) is 5.00 Å². The van der Waals surface area contributed by atoms with Crippen LogP contribution in [0.5, 0.6) is 0 Å². The van der Waals surface area contributed by atoms with Gasteiger partial charge in [-0.1, -0.05) is 0 Å². The summed E-state index contributed by atoms with van der Waals surface area (Å²) in [6, 6.07) is 3.48. The summed E-state index contributed by atoms with van der Waals surface area (Å²) >= 11 is 1.33. The summed E-state index contributed by atoms with van der Waals surface area (Å²) in [6.45, 7) is 0.000961. The first-order valence-electron chi connectivity index (χ1n) is 9.63. The molecule has 0 saturated carbocycles. The van der Waals surface area contributed by atoms with E-state index in [4.69, 9.17) is 14.9 Å². The fourth-order valence-electron chi connectivity index (χ4n) is 3.84. The topological polar surface area (TPSA) is 132 Å². The molecular weight excluding hydrogens is 410 g/mol. The fourth-order valence-corrected chi connectivity index (χ4v) is 5.15. The molecular formula is C20H21N3O6S. The Morgan fingerprint density at radius 2 is 2.17 bits per heavy atom. The molecule has 2 aromatic heterocycles. The van der Waals surface area contributed by atoms with Gasteiger partial charge in [-0.15, -0.1) is 11.3 Å². The van der Waals surface area contributed by atoms with Gasteiger partial charge in [-0.05, 0) is 37.0 Å². The minimum Gasteiger partial charge on any atom is -0.467 e. The Bertz CT molecular complexity index is 997. The van der Waals surface area contributed by atoms with E-state index in [0.29, 0.717) is 16.3 Å². The number of furan rings is 1. The molecule has 0 unspecified atom stereocenters. The average molecular weight is 431 g/mol. The van der Waals surface area contributed by atoms with E-state index in [1.807, 2.05) is 0 Å². The molecule has 10 heteroatoms. The molecule has 2 aliphatic rings. The number of nitrogens with two attached hydrogens (primary N) is 1. The van der Waals surface area contributed by atoms with E-state index in [1.54, 1.807) is 12.1 Å². The molecule has 30 heavy (non-hydrogen) atoms. The summed E-state index contributed by atoms with van der Waals surface area (Å²) in [4.78, 5) is 51.0. The smallest absolute Gasteiger partial charge is 0.311 e. The van der Waals surface area contributed by atoms with Crippen LogP contribution in [0.25, 0.3) is 0 Å². The Morgan fingerprint density at radius 3 is 2.90 bits per heavy atom. The Labute approximate surface area is 176 Å². The number of thiophene rings is 1. The molecule has 1 aliphatic heterocycles. The highest BCUT2D eigenvalue weighted by Crippen LogP contribution is 2.38. The molecule has 1 saturated heterocycles. The van der Waals surface area contributed by atoms with Gasteiger partial charge in [0.1, 0.15) is 10.8 Å². The number of hydrogen-bond donors (Lipinski definition) is 2. The molecule has 3 amide bonds. The summed E-state index contributed by atoms with van der Waals surface area (Å²) in [5, 5.41) is 3.02. The molecule has 158 valence electrons. The highest BCUT2D eigenvalue weighted by atomic mass is 32.1. The molecule has 1 aliphatic carbocycles. The van der Waals surface area contributed by atoms with Crippen LogP contribution in [0, 0.1) is 5.92 Å². The van der Waals surface area contributed by atoms with Gasteiger partial charge in [-0.25, -0.2) is 0 Å². The van der Waals surface area contributed by atoms with Crippen molar-refractivity contribution in [3.8, 4) is 0 Å². The average Bonchev–Trinajstić information content (AvgIpc) is 3.45. The third kappa shape index (κ3) is 4.09. The highest BCUT2D eigenvalue weighted by molar-refractivity contribution is 7.17. The predicted octanol–water partition coefficient (Wildman–Crippen LogP) is 1.46. The van der Waals surface area contributed by atoms with Crippen molar-refractivity contribution in [1.29, 1.82) is 0 Å². The van der Waals surface area contributed by atoms with E-state index in [-0.39, 0.29) is 25.4 Å². The fraction of sp³-hybridized carbons (Fsp3) is 0.400. The SMILES string of the molecule is NC(=O)c1c(NC(=O)COC(=O)[C@@H]2CC(=O)N(Cc3ccco3)C2)sc2c1CCC2. The number of ether oxygens (including phenoxy) is 1. The van der Waals surface area contributed by atoms with E-state index in [1.165, 1.54) is 22.5 Å². The van der Waals surface area contributed by atoms with E-state index in [0.717, 1.165) is 29.7 Å². The zero-order chi connectivity index (χ0) is 21.3. The summed E-state index contributed by atoms with van der Waals surface area (Å²) in [6.07, 6.45) is 4.13. The first-order chi connectivity index (χ1) is 14.4. The van der Waals surface area contributed by atoms with E-state index in [9.17, 15) is 19.2 Å². The lowest BCUT2D eigenvalue weighted by Crippen LogP contribution is -2.28. The van der Waals surface area contributed by atoms with Gasteiger partial charge in [0.05, 0.1) is 24.3 Å². The van der Waals surface area contributed by atoms with Crippen LogP contribution < -0.4 is 11.1 Å². The van der Waals surface area contributed by atoms with Gasteiger partial charge in [0, 0.05) is 17.8 Å². The number of amides is 3. The van der Waals surface area contributed by atoms with Crippen LogP contribution in [0.15, 0.2) is 22.8 Å². The molecule has 1 fully saturated rings. The monoisotopic (exact) mass is 431 g/mol. The molecule has 3 heterocycles. The van der Waals surface area contributed by atoms with Crippen molar-refractivity contribution >= 4 is 40.0 Å². The Kier molecular flexibility index (Phi) is 5.58. The second-order valence-corrected chi connectivity index (χ2v) is 8.44. The minimum atomic E-state index is -0.632. The number of nitrogens with one attached hydrogen (secondary N) is 1. The second kappa shape index (κ2) is 8.31. The van der Waals surface area contributed by atoms with Crippen LogP contribution in [-0.2, 0) is 38.5 Å². The first kappa shape index (κ1) is 20.1. The van der Waals surface area contributed by atoms with Gasteiger partial charge in [0.2, 0.25) is 5.91 Å². The number of aryl methyl sites for hydroxylation is 1.